The smallest absolute Gasteiger partial charge is 0.336 e. The molecule has 0 atom stereocenters. The first-order chi connectivity index (χ1) is 21.4. The Bertz CT molecular complexity index is 1680. The number of aryl methyl sites for hydroxylation is 2. The Morgan fingerprint density at radius 2 is 1.07 bits per heavy atom. The normalized spacial score (nSPS) is 13.7. The summed E-state index contributed by atoms with van der Waals surface area (Å²) in [5, 5.41) is 2.70. The van der Waals surface area contributed by atoms with Crippen molar-refractivity contribution in [1.82, 2.24) is 9.97 Å². The van der Waals surface area contributed by atoms with Crippen LogP contribution in [-0.4, -0.2) is 36.0 Å². The summed E-state index contributed by atoms with van der Waals surface area (Å²) in [6, 6.07) is 23.9. The lowest BCUT2D eigenvalue weighted by atomic mass is 9.90. The molecule has 0 aliphatic heterocycles. The average molecular weight is 585 g/mol. The third-order valence-electron chi connectivity index (χ3n) is 7.78. The van der Waals surface area contributed by atoms with Gasteiger partial charge in [0, 0.05) is 38.6 Å². The molecule has 0 N–H and O–H groups in total. The van der Waals surface area contributed by atoms with Gasteiger partial charge in [-0.3, -0.25) is 9.97 Å². The molecule has 0 radical (unpaired) electrons. The Labute approximate surface area is 256 Å². The van der Waals surface area contributed by atoms with Crippen LogP contribution in [0.3, 0.4) is 0 Å². The number of anilines is 2. The predicted octanol–water partition coefficient (Wildman–Crippen LogP) is 6.50. The van der Waals surface area contributed by atoms with E-state index in [1.165, 1.54) is 32.4 Å². The summed E-state index contributed by atoms with van der Waals surface area (Å²) < 4.78 is 0. The molecule has 2 aromatic carbocycles. The summed E-state index contributed by atoms with van der Waals surface area (Å²) >= 11 is 0. The number of pyridine rings is 2. The van der Waals surface area contributed by atoms with Crippen LogP contribution in [0.5, 0.6) is 0 Å². The van der Waals surface area contributed by atoms with E-state index in [2.05, 4.69) is 58.5 Å². The predicted molar refractivity (Wildman–Crippen MR) is 172 cm³/mol. The number of hydrogen-bond donors (Lipinski definition) is 0. The van der Waals surface area contributed by atoms with Crippen LogP contribution in [-0.2, 0) is 32.1 Å². The number of carbonyl (C=O) groups excluding carboxylic acids is 2. The average Bonchev–Trinajstić information content (AvgIpc) is 3.07. The fraction of sp³-hybridized carbons (Fsp3) is 0.167. The summed E-state index contributed by atoms with van der Waals surface area (Å²) in [6.45, 7) is 0. The lowest BCUT2D eigenvalue weighted by Gasteiger charge is -2.20. The molecule has 6 rings (SSSR count). The summed E-state index contributed by atoms with van der Waals surface area (Å²) in [4.78, 5) is 44.9. The number of hydrogen-bond acceptors (Lipinski definition) is 8. The molecule has 2 aromatic heterocycles. The van der Waals surface area contributed by atoms with Gasteiger partial charge in [0.2, 0.25) is 0 Å². The molecular formula is C36H32N4O4. The highest BCUT2D eigenvalue weighted by atomic mass is 16.7. The SMILES string of the molecule is CN(OC(=O)/C=C/C(=O)ON(C)c1ccnc(C2=Cc3ccccc3CC2)c1)c1ccnc(C2=Cc3ccccc3CC2)c1. The second kappa shape index (κ2) is 12.8. The van der Waals surface area contributed by atoms with Crippen LogP contribution in [0.4, 0.5) is 11.4 Å². The molecule has 4 aromatic rings. The summed E-state index contributed by atoms with van der Waals surface area (Å²) in [5.74, 6) is -1.43. The second-order valence-corrected chi connectivity index (χ2v) is 10.7. The molecular weight excluding hydrogens is 552 g/mol. The summed E-state index contributed by atoms with van der Waals surface area (Å²) in [6.07, 6.45) is 13.4. The minimum Gasteiger partial charge on any atom is -0.336 e. The fourth-order valence-electron chi connectivity index (χ4n) is 5.42. The van der Waals surface area contributed by atoms with Crippen LogP contribution in [0.25, 0.3) is 23.3 Å². The molecule has 0 fully saturated rings. The molecule has 8 nitrogen and oxygen atoms in total. The maximum atomic E-state index is 12.5. The zero-order valence-corrected chi connectivity index (χ0v) is 24.6. The lowest BCUT2D eigenvalue weighted by Crippen LogP contribution is -2.23. The van der Waals surface area contributed by atoms with Gasteiger partial charge in [0.1, 0.15) is 0 Å². The van der Waals surface area contributed by atoms with E-state index in [9.17, 15) is 9.59 Å². The third-order valence-corrected chi connectivity index (χ3v) is 7.78. The van der Waals surface area contributed by atoms with Crippen LogP contribution >= 0.6 is 0 Å². The van der Waals surface area contributed by atoms with E-state index in [0.717, 1.165) is 60.4 Å². The third kappa shape index (κ3) is 6.60. The molecule has 0 saturated carbocycles. The molecule has 2 heterocycles. The van der Waals surface area contributed by atoms with Crippen LogP contribution in [0, 0.1) is 0 Å². The quantitative estimate of drug-likeness (QED) is 0.172. The first kappa shape index (κ1) is 28.6. The number of rotatable bonds is 8. The van der Waals surface area contributed by atoms with E-state index in [-0.39, 0.29) is 0 Å². The molecule has 2 aliphatic carbocycles. The summed E-state index contributed by atoms with van der Waals surface area (Å²) in [7, 11) is 3.26. The monoisotopic (exact) mass is 584 g/mol. The molecule has 2 aliphatic rings. The Morgan fingerprint density at radius 1 is 0.636 bits per heavy atom. The number of fused-ring (bicyclic) bond motifs is 2. The van der Waals surface area contributed by atoms with Crippen molar-refractivity contribution in [3.8, 4) is 0 Å². The molecule has 220 valence electrons. The van der Waals surface area contributed by atoms with Gasteiger partial charge in [-0.15, -0.1) is 0 Å². The van der Waals surface area contributed by atoms with E-state index in [1.54, 1.807) is 38.6 Å². The van der Waals surface area contributed by atoms with Crippen molar-refractivity contribution in [2.75, 3.05) is 24.2 Å². The Morgan fingerprint density at radius 3 is 1.52 bits per heavy atom. The maximum Gasteiger partial charge on any atom is 0.356 e. The topological polar surface area (TPSA) is 84.9 Å². The van der Waals surface area contributed by atoms with Crippen LogP contribution in [0.1, 0.15) is 46.5 Å². The van der Waals surface area contributed by atoms with Crippen molar-refractivity contribution in [2.24, 2.45) is 0 Å². The highest BCUT2D eigenvalue weighted by molar-refractivity contribution is 5.92. The van der Waals surface area contributed by atoms with Crippen LogP contribution in [0.2, 0.25) is 0 Å². The largest absolute Gasteiger partial charge is 0.356 e. The first-order valence-corrected chi connectivity index (χ1v) is 14.5. The molecule has 0 saturated heterocycles. The van der Waals surface area contributed by atoms with Crippen molar-refractivity contribution in [3.63, 3.8) is 0 Å². The lowest BCUT2D eigenvalue weighted by molar-refractivity contribution is -0.141. The van der Waals surface area contributed by atoms with Gasteiger partial charge in [0.25, 0.3) is 0 Å². The van der Waals surface area contributed by atoms with Gasteiger partial charge >= 0.3 is 11.9 Å². The van der Waals surface area contributed by atoms with Gasteiger partial charge in [-0.25, -0.2) is 19.7 Å². The Kier molecular flexibility index (Phi) is 8.32. The van der Waals surface area contributed by atoms with E-state index in [1.807, 2.05) is 24.3 Å². The Balaban J connectivity index is 1.04. The molecule has 0 amide bonds. The molecule has 44 heavy (non-hydrogen) atoms. The van der Waals surface area contributed by atoms with Gasteiger partial charge in [-0.1, -0.05) is 48.5 Å². The standard InChI is InChI=1S/C36H32N4O4/c1-39(31-17-19-37-33(23-31)29-13-11-25-7-3-5-9-27(25)21-29)43-35(41)15-16-36(42)44-40(2)32-18-20-38-34(24-32)30-14-12-26-8-4-6-10-28(26)22-30/h3-10,15-24H,11-14H2,1-2H3/b16-15+. The van der Waals surface area contributed by atoms with Crippen molar-refractivity contribution in [3.05, 3.63) is 131 Å². The minimum atomic E-state index is -0.716. The van der Waals surface area contributed by atoms with Crippen molar-refractivity contribution >= 4 is 46.6 Å². The second-order valence-electron chi connectivity index (χ2n) is 10.7. The van der Waals surface area contributed by atoms with Gasteiger partial charge in [0.15, 0.2) is 0 Å². The highest BCUT2D eigenvalue weighted by Crippen LogP contribution is 2.32. The maximum absolute atomic E-state index is 12.5. The van der Waals surface area contributed by atoms with Gasteiger partial charge in [-0.05, 0) is 95.5 Å². The number of aromatic nitrogens is 2. The highest BCUT2D eigenvalue weighted by Gasteiger charge is 2.16. The van der Waals surface area contributed by atoms with Gasteiger partial charge < -0.3 is 9.68 Å². The fourth-order valence-corrected chi connectivity index (χ4v) is 5.42. The zero-order valence-electron chi connectivity index (χ0n) is 24.6. The van der Waals surface area contributed by atoms with Crippen molar-refractivity contribution in [1.29, 1.82) is 0 Å². The zero-order chi connectivity index (χ0) is 30.5. The van der Waals surface area contributed by atoms with Crippen LogP contribution in [0.15, 0.2) is 97.3 Å². The van der Waals surface area contributed by atoms with E-state index >= 15 is 0 Å². The Hall–Kier alpha value is -5.50. The van der Waals surface area contributed by atoms with Gasteiger partial charge in [0.05, 0.1) is 22.8 Å². The van der Waals surface area contributed by atoms with Crippen molar-refractivity contribution in [2.45, 2.75) is 25.7 Å². The molecule has 0 bridgehead atoms. The van der Waals surface area contributed by atoms with Crippen molar-refractivity contribution < 1.29 is 19.3 Å². The van der Waals surface area contributed by atoms with E-state index < -0.39 is 11.9 Å². The first-order valence-electron chi connectivity index (χ1n) is 14.5. The molecule has 8 heteroatoms. The summed E-state index contributed by atoms with van der Waals surface area (Å²) in [5.41, 5.74) is 10.2. The number of allylic oxidation sites excluding steroid dienone is 2. The van der Waals surface area contributed by atoms with Crippen LogP contribution < -0.4 is 10.1 Å². The number of nitrogens with zero attached hydrogens (tertiary/aromatic N) is 4. The number of carbonyl (C=O) groups is 2. The van der Waals surface area contributed by atoms with E-state index in [0.29, 0.717) is 11.4 Å². The van der Waals surface area contributed by atoms with Gasteiger partial charge in [-0.2, -0.15) is 0 Å². The number of benzene rings is 2. The molecule has 0 spiro atoms. The van der Waals surface area contributed by atoms with E-state index in [4.69, 9.17) is 9.68 Å². The number of hydroxylamine groups is 2. The minimum absolute atomic E-state index is 0.656. The molecule has 0 unspecified atom stereocenters.